The number of pyridine rings is 1. The Morgan fingerprint density at radius 1 is 1.03 bits per heavy atom. The molecule has 1 aromatic heterocycles. The van der Waals surface area contributed by atoms with Gasteiger partial charge in [0.05, 0.1) is 12.2 Å². The molecule has 2 heterocycles. The van der Waals surface area contributed by atoms with Gasteiger partial charge in [0.15, 0.2) is 0 Å². The topological polar surface area (TPSA) is 45.6 Å². The first-order chi connectivity index (χ1) is 14.4. The zero-order valence-corrected chi connectivity index (χ0v) is 16.5. The largest absolute Gasteiger partial charge is 0.506 e. The lowest BCUT2D eigenvalue weighted by Gasteiger charge is -2.29. The third kappa shape index (κ3) is 4.67. The zero-order chi connectivity index (χ0) is 21.1. The Morgan fingerprint density at radius 2 is 1.90 bits per heavy atom. The van der Waals surface area contributed by atoms with Gasteiger partial charge in [0, 0.05) is 24.5 Å². The number of aromatic hydroxyl groups is 1. The van der Waals surface area contributed by atoms with E-state index in [1.807, 2.05) is 12.1 Å². The summed E-state index contributed by atoms with van der Waals surface area (Å²) in [6, 6.07) is 13.0. The Hall–Kier alpha value is -2.80. The molecule has 0 fully saturated rings. The summed E-state index contributed by atoms with van der Waals surface area (Å²) in [5.74, 6) is 0.613. The SMILES string of the molecule is Oc1cccc2ccc(OCCCCN3CCc4cc(C(F)(F)F)ccc4C3)nc12. The predicted octanol–water partition coefficient (Wildman–Crippen LogP) is 5.18. The van der Waals surface area contributed by atoms with Gasteiger partial charge in [-0.05, 0) is 61.2 Å². The number of aromatic nitrogens is 1. The van der Waals surface area contributed by atoms with Gasteiger partial charge in [0.1, 0.15) is 11.3 Å². The smallest absolute Gasteiger partial charge is 0.416 e. The summed E-state index contributed by atoms with van der Waals surface area (Å²) in [5, 5.41) is 10.8. The Balaban J connectivity index is 1.23. The number of phenols is 1. The van der Waals surface area contributed by atoms with Crippen LogP contribution in [-0.2, 0) is 19.1 Å². The van der Waals surface area contributed by atoms with Gasteiger partial charge in [-0.3, -0.25) is 4.90 Å². The van der Waals surface area contributed by atoms with Gasteiger partial charge in [-0.25, -0.2) is 4.98 Å². The van der Waals surface area contributed by atoms with Crippen LogP contribution in [0.3, 0.4) is 0 Å². The fourth-order valence-corrected chi connectivity index (χ4v) is 3.79. The fourth-order valence-electron chi connectivity index (χ4n) is 3.79. The van der Waals surface area contributed by atoms with E-state index >= 15 is 0 Å². The first-order valence-corrected chi connectivity index (χ1v) is 10.0. The molecule has 30 heavy (non-hydrogen) atoms. The van der Waals surface area contributed by atoms with Gasteiger partial charge < -0.3 is 9.84 Å². The Labute approximate surface area is 172 Å². The fraction of sp³-hybridized carbons (Fsp3) is 0.348. The minimum absolute atomic E-state index is 0.130. The molecule has 0 saturated carbocycles. The summed E-state index contributed by atoms with van der Waals surface area (Å²) in [5.41, 5.74) is 1.74. The van der Waals surface area contributed by atoms with Crippen LogP contribution >= 0.6 is 0 Å². The molecule has 7 heteroatoms. The molecule has 0 aliphatic carbocycles. The molecule has 0 amide bonds. The van der Waals surface area contributed by atoms with Crippen molar-refractivity contribution in [2.45, 2.75) is 32.0 Å². The molecular weight excluding hydrogens is 393 g/mol. The van der Waals surface area contributed by atoms with Gasteiger partial charge >= 0.3 is 6.18 Å². The van der Waals surface area contributed by atoms with Gasteiger partial charge in [0.2, 0.25) is 5.88 Å². The van der Waals surface area contributed by atoms with Crippen molar-refractivity contribution in [1.82, 2.24) is 9.88 Å². The van der Waals surface area contributed by atoms with E-state index in [0.717, 1.165) is 42.4 Å². The highest BCUT2D eigenvalue weighted by molar-refractivity contribution is 5.84. The molecule has 4 rings (SSSR count). The standard InChI is InChI=1S/C23H23F3N2O2/c24-23(25,26)19-8-6-18-15-28(12-10-17(18)14-19)11-1-2-13-30-21-9-7-16-4-3-5-20(29)22(16)27-21/h3-9,14,29H,1-2,10-13,15H2. The number of ether oxygens (including phenoxy) is 1. The molecule has 0 atom stereocenters. The number of hydrogen-bond acceptors (Lipinski definition) is 4. The van der Waals surface area contributed by atoms with Crippen molar-refractivity contribution in [3.05, 3.63) is 65.2 Å². The minimum atomic E-state index is -4.29. The van der Waals surface area contributed by atoms with Crippen molar-refractivity contribution in [2.75, 3.05) is 19.7 Å². The molecule has 3 aromatic rings. The molecule has 2 aromatic carbocycles. The number of benzene rings is 2. The lowest BCUT2D eigenvalue weighted by molar-refractivity contribution is -0.137. The molecule has 0 bridgehead atoms. The van der Waals surface area contributed by atoms with Crippen LogP contribution in [0.2, 0.25) is 0 Å². The molecule has 4 nitrogen and oxygen atoms in total. The van der Waals surface area contributed by atoms with E-state index in [2.05, 4.69) is 9.88 Å². The number of phenolic OH excluding ortho intramolecular Hbond substituents is 1. The second kappa shape index (κ2) is 8.52. The van der Waals surface area contributed by atoms with Crippen LogP contribution in [0.15, 0.2) is 48.5 Å². The normalized spacial score (nSPS) is 14.6. The first kappa shape index (κ1) is 20.5. The van der Waals surface area contributed by atoms with Crippen LogP contribution in [0, 0.1) is 0 Å². The number of rotatable bonds is 6. The molecule has 0 saturated heterocycles. The first-order valence-electron chi connectivity index (χ1n) is 10.0. The maximum absolute atomic E-state index is 12.9. The van der Waals surface area contributed by atoms with Gasteiger partial charge in [-0.15, -0.1) is 0 Å². The number of fused-ring (bicyclic) bond motifs is 2. The lowest BCUT2D eigenvalue weighted by atomic mass is 9.97. The molecule has 0 unspecified atom stereocenters. The van der Waals surface area contributed by atoms with Gasteiger partial charge in [-0.2, -0.15) is 13.2 Å². The van der Waals surface area contributed by atoms with Crippen molar-refractivity contribution in [1.29, 1.82) is 0 Å². The Bertz CT molecular complexity index is 1040. The predicted molar refractivity (Wildman–Crippen MR) is 109 cm³/mol. The number of nitrogens with zero attached hydrogens (tertiary/aromatic N) is 2. The second-order valence-corrected chi connectivity index (χ2v) is 7.56. The van der Waals surface area contributed by atoms with Crippen LogP contribution in [0.25, 0.3) is 10.9 Å². The average molecular weight is 416 g/mol. The van der Waals surface area contributed by atoms with E-state index in [1.54, 1.807) is 24.3 Å². The van der Waals surface area contributed by atoms with Crippen LogP contribution < -0.4 is 4.74 Å². The summed E-state index contributed by atoms with van der Waals surface area (Å²) in [7, 11) is 0. The summed E-state index contributed by atoms with van der Waals surface area (Å²) in [6.07, 6.45) is -1.88. The average Bonchev–Trinajstić information content (AvgIpc) is 2.73. The number of para-hydroxylation sites is 1. The molecule has 158 valence electrons. The van der Waals surface area contributed by atoms with E-state index in [-0.39, 0.29) is 5.75 Å². The van der Waals surface area contributed by atoms with Crippen LogP contribution in [0.5, 0.6) is 11.6 Å². The molecule has 1 aliphatic rings. The summed E-state index contributed by atoms with van der Waals surface area (Å²) in [6.45, 7) is 2.84. The summed E-state index contributed by atoms with van der Waals surface area (Å²) in [4.78, 5) is 6.61. The molecule has 1 N–H and O–H groups in total. The maximum atomic E-state index is 12.9. The van der Waals surface area contributed by atoms with E-state index < -0.39 is 11.7 Å². The third-order valence-electron chi connectivity index (χ3n) is 5.42. The van der Waals surface area contributed by atoms with Crippen molar-refractivity contribution >= 4 is 10.9 Å². The van der Waals surface area contributed by atoms with E-state index in [4.69, 9.17) is 4.74 Å². The number of halogens is 3. The van der Waals surface area contributed by atoms with Crippen molar-refractivity contribution in [3.8, 4) is 11.6 Å². The number of unbranched alkanes of at least 4 members (excludes halogenated alkanes) is 1. The van der Waals surface area contributed by atoms with Gasteiger partial charge in [-0.1, -0.05) is 18.2 Å². The van der Waals surface area contributed by atoms with Gasteiger partial charge in [0.25, 0.3) is 0 Å². The number of hydrogen-bond donors (Lipinski definition) is 1. The molecule has 0 radical (unpaired) electrons. The molecular formula is C23H23F3N2O2. The van der Waals surface area contributed by atoms with Crippen LogP contribution in [0.4, 0.5) is 13.2 Å². The quantitative estimate of drug-likeness (QED) is 0.563. The number of alkyl halides is 3. The zero-order valence-electron chi connectivity index (χ0n) is 16.5. The van der Waals surface area contributed by atoms with Crippen molar-refractivity contribution in [2.24, 2.45) is 0 Å². The third-order valence-corrected chi connectivity index (χ3v) is 5.42. The lowest BCUT2D eigenvalue weighted by Crippen LogP contribution is -2.31. The molecule has 0 spiro atoms. The summed E-state index contributed by atoms with van der Waals surface area (Å²) < 4.78 is 44.3. The van der Waals surface area contributed by atoms with Crippen molar-refractivity contribution in [3.63, 3.8) is 0 Å². The van der Waals surface area contributed by atoms with Crippen LogP contribution in [-0.4, -0.2) is 34.7 Å². The van der Waals surface area contributed by atoms with E-state index in [1.165, 1.54) is 12.1 Å². The van der Waals surface area contributed by atoms with E-state index in [9.17, 15) is 18.3 Å². The molecule has 1 aliphatic heterocycles. The Kier molecular flexibility index (Phi) is 5.81. The maximum Gasteiger partial charge on any atom is 0.416 e. The summed E-state index contributed by atoms with van der Waals surface area (Å²) >= 11 is 0. The minimum Gasteiger partial charge on any atom is -0.506 e. The van der Waals surface area contributed by atoms with Crippen molar-refractivity contribution < 1.29 is 23.0 Å². The highest BCUT2D eigenvalue weighted by Crippen LogP contribution is 2.32. The highest BCUT2D eigenvalue weighted by atomic mass is 19.4. The highest BCUT2D eigenvalue weighted by Gasteiger charge is 2.31. The second-order valence-electron chi connectivity index (χ2n) is 7.56. The van der Waals surface area contributed by atoms with Crippen LogP contribution in [0.1, 0.15) is 29.5 Å². The monoisotopic (exact) mass is 416 g/mol. The Morgan fingerprint density at radius 3 is 2.73 bits per heavy atom. The van der Waals surface area contributed by atoms with E-state index in [0.29, 0.717) is 31.0 Å².